The van der Waals surface area contributed by atoms with E-state index in [0.29, 0.717) is 0 Å². The Morgan fingerprint density at radius 3 is 2.62 bits per heavy atom. The van der Waals surface area contributed by atoms with Crippen LogP contribution in [-0.4, -0.2) is 16.5 Å². The molecule has 2 N–H and O–H groups in total. The summed E-state index contributed by atoms with van der Waals surface area (Å²) >= 11 is 3.61. The number of nitrogens with one attached hydrogen (secondary N) is 2. The van der Waals surface area contributed by atoms with Crippen LogP contribution < -0.4 is 10.6 Å². The van der Waals surface area contributed by atoms with Gasteiger partial charge >= 0.3 is 0 Å². The Morgan fingerprint density at radius 2 is 1.90 bits per heavy atom. The first-order chi connectivity index (χ1) is 10.1. The molecular formula is C16H21BrN4. The van der Waals surface area contributed by atoms with Gasteiger partial charge in [-0.05, 0) is 47.8 Å². The third-order valence-electron chi connectivity index (χ3n) is 3.06. The van der Waals surface area contributed by atoms with Crippen LogP contribution in [0, 0.1) is 6.92 Å². The van der Waals surface area contributed by atoms with Crippen molar-refractivity contribution in [2.75, 3.05) is 17.2 Å². The van der Waals surface area contributed by atoms with Crippen molar-refractivity contribution in [2.45, 2.75) is 33.6 Å². The van der Waals surface area contributed by atoms with E-state index in [1.807, 2.05) is 18.2 Å². The van der Waals surface area contributed by atoms with Gasteiger partial charge in [-0.3, -0.25) is 0 Å². The van der Waals surface area contributed by atoms with Gasteiger partial charge in [-0.1, -0.05) is 19.1 Å². The Morgan fingerprint density at radius 1 is 1.14 bits per heavy atom. The lowest BCUT2D eigenvalue weighted by molar-refractivity contribution is 0.836. The minimum atomic E-state index is 0.815. The molecular weight excluding hydrogens is 328 g/mol. The quantitative estimate of drug-likeness (QED) is 0.795. The lowest BCUT2D eigenvalue weighted by Crippen LogP contribution is -2.06. The molecule has 21 heavy (non-hydrogen) atoms. The van der Waals surface area contributed by atoms with E-state index in [4.69, 9.17) is 0 Å². The summed E-state index contributed by atoms with van der Waals surface area (Å²) < 4.78 is 1.06. The van der Waals surface area contributed by atoms with Crippen LogP contribution in [0.3, 0.4) is 0 Å². The van der Waals surface area contributed by atoms with Crippen LogP contribution in [0.5, 0.6) is 0 Å². The first kappa shape index (κ1) is 15.8. The van der Waals surface area contributed by atoms with E-state index in [9.17, 15) is 0 Å². The van der Waals surface area contributed by atoms with Crippen molar-refractivity contribution in [2.24, 2.45) is 0 Å². The summed E-state index contributed by atoms with van der Waals surface area (Å²) in [4.78, 5) is 9.11. The second-order valence-corrected chi connectivity index (χ2v) is 5.69. The number of aromatic nitrogens is 2. The second kappa shape index (κ2) is 7.41. The van der Waals surface area contributed by atoms with Gasteiger partial charge in [0.1, 0.15) is 17.5 Å². The smallest absolute Gasteiger partial charge is 0.136 e. The van der Waals surface area contributed by atoms with Crippen LogP contribution in [0.25, 0.3) is 0 Å². The minimum Gasteiger partial charge on any atom is -0.370 e. The Labute approximate surface area is 134 Å². The number of nitrogens with zero attached hydrogens (tertiary/aromatic N) is 2. The van der Waals surface area contributed by atoms with Gasteiger partial charge in [0.25, 0.3) is 0 Å². The van der Waals surface area contributed by atoms with Gasteiger partial charge in [0.05, 0.1) is 5.69 Å². The van der Waals surface area contributed by atoms with Gasteiger partial charge in [-0.15, -0.1) is 0 Å². The van der Waals surface area contributed by atoms with Gasteiger partial charge in [0, 0.05) is 23.5 Å². The maximum atomic E-state index is 4.59. The number of benzene rings is 1. The van der Waals surface area contributed by atoms with Gasteiger partial charge in [0.15, 0.2) is 0 Å². The zero-order valence-electron chi connectivity index (χ0n) is 12.7. The first-order valence-electron chi connectivity index (χ1n) is 7.28. The maximum Gasteiger partial charge on any atom is 0.136 e. The number of hydrogen-bond donors (Lipinski definition) is 2. The lowest BCUT2D eigenvalue weighted by atomic mass is 10.2. The van der Waals surface area contributed by atoms with Crippen molar-refractivity contribution in [3.8, 4) is 0 Å². The molecule has 1 aromatic carbocycles. The molecule has 1 aromatic heterocycles. The van der Waals surface area contributed by atoms with E-state index in [1.165, 1.54) is 5.56 Å². The molecule has 0 bridgehead atoms. The molecule has 1 heterocycles. The van der Waals surface area contributed by atoms with E-state index in [0.717, 1.165) is 47.0 Å². The average molecular weight is 349 g/mol. The number of halogens is 1. The molecule has 0 saturated heterocycles. The van der Waals surface area contributed by atoms with E-state index in [2.05, 4.69) is 63.4 Å². The Hall–Kier alpha value is -1.62. The molecule has 0 aliphatic carbocycles. The van der Waals surface area contributed by atoms with Gasteiger partial charge < -0.3 is 10.6 Å². The highest BCUT2D eigenvalue weighted by Crippen LogP contribution is 2.28. The molecule has 112 valence electrons. The van der Waals surface area contributed by atoms with Crippen molar-refractivity contribution in [1.82, 2.24) is 9.97 Å². The van der Waals surface area contributed by atoms with Crippen molar-refractivity contribution in [1.29, 1.82) is 0 Å². The van der Waals surface area contributed by atoms with Gasteiger partial charge in [0.2, 0.25) is 0 Å². The number of anilines is 3. The zero-order chi connectivity index (χ0) is 15.2. The molecule has 0 aliphatic heterocycles. The number of aryl methyl sites for hydroxylation is 2. The molecule has 0 saturated carbocycles. The van der Waals surface area contributed by atoms with E-state index < -0.39 is 0 Å². The van der Waals surface area contributed by atoms with Gasteiger partial charge in [-0.2, -0.15) is 0 Å². The molecule has 0 atom stereocenters. The molecule has 0 fully saturated rings. The summed E-state index contributed by atoms with van der Waals surface area (Å²) in [7, 11) is 0. The highest BCUT2D eigenvalue weighted by atomic mass is 79.9. The molecule has 0 amide bonds. The number of rotatable bonds is 6. The fraction of sp³-hybridized carbons (Fsp3) is 0.375. The largest absolute Gasteiger partial charge is 0.370 e. The Kier molecular flexibility index (Phi) is 5.56. The first-order valence-corrected chi connectivity index (χ1v) is 8.07. The highest BCUT2D eigenvalue weighted by molar-refractivity contribution is 9.10. The summed E-state index contributed by atoms with van der Waals surface area (Å²) in [6, 6.07) is 8.08. The summed E-state index contributed by atoms with van der Waals surface area (Å²) in [5.41, 5.74) is 2.20. The summed E-state index contributed by atoms with van der Waals surface area (Å²) in [6.45, 7) is 7.11. The summed E-state index contributed by atoms with van der Waals surface area (Å²) in [5.74, 6) is 2.54. The number of hydrogen-bond acceptors (Lipinski definition) is 4. The SMILES string of the molecule is CCCc1nc(NCC)cc(Nc2cccc(C)c2Br)n1. The van der Waals surface area contributed by atoms with E-state index >= 15 is 0 Å². The van der Waals surface area contributed by atoms with E-state index in [1.54, 1.807) is 0 Å². The topological polar surface area (TPSA) is 49.8 Å². The normalized spacial score (nSPS) is 10.5. The summed E-state index contributed by atoms with van der Waals surface area (Å²) in [5, 5.41) is 6.63. The van der Waals surface area contributed by atoms with Crippen LogP contribution in [0.2, 0.25) is 0 Å². The molecule has 2 rings (SSSR count). The van der Waals surface area contributed by atoms with Crippen molar-refractivity contribution in [3.05, 3.63) is 40.1 Å². The predicted octanol–water partition coefficient (Wildman–Crippen LogP) is 4.68. The standard InChI is InChI=1S/C16H21BrN4/c1-4-7-13-20-14(18-5-2)10-15(21-13)19-12-9-6-8-11(3)16(12)17/h6,8-10H,4-5,7H2,1-3H3,(H2,18,19,20,21). The summed E-state index contributed by atoms with van der Waals surface area (Å²) in [6.07, 6.45) is 1.91. The lowest BCUT2D eigenvalue weighted by Gasteiger charge is -2.12. The van der Waals surface area contributed by atoms with Crippen molar-refractivity contribution >= 4 is 33.3 Å². The molecule has 0 radical (unpaired) electrons. The van der Waals surface area contributed by atoms with Crippen molar-refractivity contribution < 1.29 is 0 Å². The van der Waals surface area contributed by atoms with E-state index in [-0.39, 0.29) is 0 Å². The zero-order valence-corrected chi connectivity index (χ0v) is 14.3. The van der Waals surface area contributed by atoms with Crippen LogP contribution in [0.1, 0.15) is 31.7 Å². The van der Waals surface area contributed by atoms with Gasteiger partial charge in [-0.25, -0.2) is 9.97 Å². The monoisotopic (exact) mass is 348 g/mol. The molecule has 0 aliphatic rings. The minimum absolute atomic E-state index is 0.815. The molecule has 2 aromatic rings. The predicted molar refractivity (Wildman–Crippen MR) is 92.4 cm³/mol. The Bertz CT molecular complexity index is 589. The third kappa shape index (κ3) is 4.17. The fourth-order valence-corrected chi connectivity index (χ4v) is 2.41. The average Bonchev–Trinajstić information content (AvgIpc) is 2.44. The van der Waals surface area contributed by atoms with Crippen LogP contribution in [-0.2, 0) is 6.42 Å². The second-order valence-electron chi connectivity index (χ2n) is 4.90. The van der Waals surface area contributed by atoms with Crippen LogP contribution in [0.15, 0.2) is 28.7 Å². The Balaban J connectivity index is 2.31. The molecule has 4 nitrogen and oxygen atoms in total. The fourth-order valence-electron chi connectivity index (χ4n) is 2.05. The molecule has 0 unspecified atom stereocenters. The van der Waals surface area contributed by atoms with Crippen LogP contribution in [0.4, 0.5) is 17.3 Å². The highest BCUT2D eigenvalue weighted by Gasteiger charge is 2.07. The third-order valence-corrected chi connectivity index (χ3v) is 4.11. The van der Waals surface area contributed by atoms with Crippen LogP contribution >= 0.6 is 15.9 Å². The molecule has 5 heteroatoms. The maximum absolute atomic E-state index is 4.59. The molecule has 0 spiro atoms. The van der Waals surface area contributed by atoms with Crippen molar-refractivity contribution in [3.63, 3.8) is 0 Å².